The van der Waals surface area contributed by atoms with Gasteiger partial charge in [-0.3, -0.25) is 4.79 Å². The summed E-state index contributed by atoms with van der Waals surface area (Å²) in [7, 11) is 0. The number of hydrogen-bond donors (Lipinski definition) is 1. The Morgan fingerprint density at radius 2 is 1.89 bits per heavy atom. The average molecular weight is 268 g/mol. The number of carbonyl (C=O) groups is 1. The molecule has 3 heteroatoms. The molecule has 0 bridgehead atoms. The van der Waals surface area contributed by atoms with Crippen LogP contribution in [0.3, 0.4) is 0 Å². The van der Waals surface area contributed by atoms with Crippen LogP contribution in [0.25, 0.3) is 0 Å². The number of carboxylic acids is 1. The van der Waals surface area contributed by atoms with E-state index in [9.17, 15) is 9.90 Å². The van der Waals surface area contributed by atoms with Gasteiger partial charge in [0.2, 0.25) is 0 Å². The first kappa shape index (κ1) is 16.1. The summed E-state index contributed by atoms with van der Waals surface area (Å²) >= 11 is -1.22. The van der Waals surface area contributed by atoms with Crippen molar-refractivity contribution in [3.05, 3.63) is 0 Å². The highest BCUT2D eigenvalue weighted by Crippen LogP contribution is 2.56. The van der Waals surface area contributed by atoms with Crippen LogP contribution in [0, 0.1) is 17.8 Å². The fraction of sp³-hybridized carbons (Fsp3) is 0.933. The predicted octanol–water partition coefficient (Wildman–Crippen LogP) is 4.44. The van der Waals surface area contributed by atoms with Gasteiger partial charge in [-0.1, -0.05) is 58.0 Å². The molecule has 1 fully saturated rings. The lowest BCUT2D eigenvalue weighted by Crippen LogP contribution is -2.49. The second-order valence-corrected chi connectivity index (χ2v) is 10.7. The van der Waals surface area contributed by atoms with Crippen LogP contribution in [0.5, 0.6) is 0 Å². The van der Waals surface area contributed by atoms with Gasteiger partial charge in [-0.15, -0.1) is 0 Å². The van der Waals surface area contributed by atoms with Crippen LogP contribution >= 0.6 is 0 Å². The average Bonchev–Trinajstić information content (AvgIpc) is 2.29. The fourth-order valence-electron chi connectivity index (χ4n) is 4.39. The maximum Gasteiger partial charge on any atom is 0.296 e. The van der Waals surface area contributed by atoms with E-state index in [4.69, 9.17) is 0 Å². The molecule has 0 spiro atoms. The molecule has 0 amide bonds. The summed E-state index contributed by atoms with van der Waals surface area (Å²) in [5.41, 5.74) is 0. The molecule has 0 aromatic carbocycles. The topological polar surface area (TPSA) is 37.3 Å². The molecule has 1 rings (SSSR count). The van der Waals surface area contributed by atoms with Gasteiger partial charge in [0.15, 0.2) is 0 Å². The standard InChI is InChI=1S/C11H19O2.2C2H5.Al/c1-7(2)9-5-4-8(3)6-10(9)11(12)13;2*1-2;/h7-9H,4-6H2,1-3H3,(H,12,13);2*1H2,2H3;. The van der Waals surface area contributed by atoms with Crippen LogP contribution in [0.1, 0.15) is 53.9 Å². The normalized spacial score (nSPS) is 32.6. The Labute approximate surface area is 117 Å². The molecule has 1 aliphatic rings. The predicted molar refractivity (Wildman–Crippen MR) is 78.4 cm³/mol. The van der Waals surface area contributed by atoms with Crippen LogP contribution in [0.15, 0.2) is 0 Å². The van der Waals surface area contributed by atoms with Gasteiger partial charge in [0, 0.05) is 4.28 Å². The Kier molecular flexibility index (Phi) is 5.74. The summed E-state index contributed by atoms with van der Waals surface area (Å²) in [6.07, 6.45) is 3.27. The van der Waals surface area contributed by atoms with E-state index in [0.717, 1.165) is 23.4 Å². The second kappa shape index (κ2) is 6.44. The van der Waals surface area contributed by atoms with Gasteiger partial charge in [0.25, 0.3) is 20.1 Å². The van der Waals surface area contributed by atoms with Crippen molar-refractivity contribution < 1.29 is 9.90 Å². The first-order valence-corrected chi connectivity index (χ1v) is 9.84. The van der Waals surface area contributed by atoms with Gasteiger partial charge in [-0.05, 0) is 24.2 Å². The van der Waals surface area contributed by atoms with Crippen molar-refractivity contribution in [3.63, 3.8) is 0 Å². The van der Waals surface area contributed by atoms with E-state index in [-0.39, 0.29) is 4.28 Å². The molecule has 1 aliphatic carbocycles. The Hall–Kier alpha value is 0.00247. The Morgan fingerprint density at radius 1 is 1.33 bits per heavy atom. The van der Waals surface area contributed by atoms with E-state index >= 15 is 0 Å². The first-order valence-electron chi connectivity index (χ1n) is 7.63. The molecular weight excluding hydrogens is 239 g/mol. The Bertz CT molecular complexity index is 286. The largest absolute Gasteiger partial charge is 0.482 e. The smallest absolute Gasteiger partial charge is 0.296 e. The maximum atomic E-state index is 12.1. The number of aliphatic carboxylic acids is 1. The third-order valence-corrected chi connectivity index (χ3v) is 9.57. The van der Waals surface area contributed by atoms with E-state index < -0.39 is 20.1 Å². The first-order chi connectivity index (χ1) is 8.40. The molecule has 3 atom stereocenters. The second-order valence-electron chi connectivity index (χ2n) is 6.60. The summed E-state index contributed by atoms with van der Waals surface area (Å²) in [5, 5.41) is 12.2. The minimum Gasteiger partial charge on any atom is -0.482 e. The van der Waals surface area contributed by atoms with Gasteiger partial charge >= 0.3 is 0 Å². The molecule has 0 radical (unpaired) electrons. The highest BCUT2D eigenvalue weighted by atomic mass is 27.2. The lowest BCUT2D eigenvalue weighted by Gasteiger charge is -2.48. The van der Waals surface area contributed by atoms with Crippen molar-refractivity contribution in [2.75, 3.05) is 0 Å². The Balaban J connectivity index is 3.20. The van der Waals surface area contributed by atoms with E-state index in [2.05, 4.69) is 34.6 Å². The molecule has 1 N–H and O–H groups in total. The van der Waals surface area contributed by atoms with Gasteiger partial charge < -0.3 is 5.11 Å². The highest BCUT2D eigenvalue weighted by molar-refractivity contribution is 6.66. The van der Waals surface area contributed by atoms with Crippen molar-refractivity contribution >= 4 is 20.1 Å². The molecule has 0 saturated heterocycles. The molecule has 3 unspecified atom stereocenters. The number of carboxylic acid groups (broad SMARTS) is 1. The summed E-state index contributed by atoms with van der Waals surface area (Å²) in [4.78, 5) is 12.1. The summed E-state index contributed by atoms with van der Waals surface area (Å²) in [6, 6.07) is 0. The zero-order valence-corrected chi connectivity index (χ0v) is 13.9. The third-order valence-electron chi connectivity index (χ3n) is 5.24. The summed E-state index contributed by atoms with van der Waals surface area (Å²) in [5.74, 6) is 1.02. The molecule has 0 aromatic rings. The minimum absolute atomic E-state index is 0.338. The molecule has 0 aliphatic heterocycles. The van der Waals surface area contributed by atoms with E-state index in [1.165, 1.54) is 6.42 Å². The Morgan fingerprint density at radius 3 is 2.28 bits per heavy atom. The fourth-order valence-corrected chi connectivity index (χ4v) is 8.66. The maximum absolute atomic E-state index is 12.1. The van der Waals surface area contributed by atoms with Crippen LogP contribution in [0.4, 0.5) is 0 Å². The van der Waals surface area contributed by atoms with Crippen molar-refractivity contribution in [2.45, 2.75) is 68.7 Å². The summed E-state index contributed by atoms with van der Waals surface area (Å²) in [6.45, 7) is 11.1. The van der Waals surface area contributed by atoms with E-state index in [1.54, 1.807) is 0 Å². The zero-order chi connectivity index (χ0) is 13.9. The SMILES string of the molecule is C[CH2][Al]([CH2]C)[C]1(C(=O)O)CC(C)CCC1C(C)C. The molecule has 18 heavy (non-hydrogen) atoms. The third kappa shape index (κ3) is 2.78. The molecular formula is C15H29AlO2. The monoisotopic (exact) mass is 268 g/mol. The molecule has 0 aromatic heterocycles. The van der Waals surface area contributed by atoms with E-state index in [1.807, 2.05) is 0 Å². The van der Waals surface area contributed by atoms with Crippen molar-refractivity contribution in [3.8, 4) is 0 Å². The van der Waals surface area contributed by atoms with Gasteiger partial charge in [0.05, 0.1) is 0 Å². The van der Waals surface area contributed by atoms with Gasteiger partial charge in [-0.2, -0.15) is 0 Å². The lowest BCUT2D eigenvalue weighted by atomic mass is 9.69. The minimum atomic E-state index is -1.22. The molecule has 1 saturated carbocycles. The highest BCUT2D eigenvalue weighted by Gasteiger charge is 2.55. The van der Waals surface area contributed by atoms with E-state index in [0.29, 0.717) is 17.8 Å². The molecule has 104 valence electrons. The quantitative estimate of drug-likeness (QED) is 0.748. The zero-order valence-electron chi connectivity index (χ0n) is 12.7. The molecule has 0 heterocycles. The van der Waals surface area contributed by atoms with Gasteiger partial charge in [0.1, 0.15) is 0 Å². The number of hydrogen-bond acceptors (Lipinski definition) is 1. The molecule has 2 nitrogen and oxygen atoms in total. The van der Waals surface area contributed by atoms with Crippen LogP contribution in [-0.2, 0) is 4.79 Å². The number of rotatable bonds is 5. The van der Waals surface area contributed by atoms with Crippen LogP contribution < -0.4 is 0 Å². The van der Waals surface area contributed by atoms with Gasteiger partial charge in [-0.25, -0.2) is 0 Å². The van der Waals surface area contributed by atoms with Crippen molar-refractivity contribution in [2.24, 2.45) is 17.8 Å². The summed E-state index contributed by atoms with van der Waals surface area (Å²) < 4.78 is -0.338. The van der Waals surface area contributed by atoms with Crippen molar-refractivity contribution in [1.82, 2.24) is 0 Å². The van der Waals surface area contributed by atoms with Crippen molar-refractivity contribution in [1.29, 1.82) is 0 Å². The van der Waals surface area contributed by atoms with Crippen LogP contribution in [-0.4, -0.2) is 25.2 Å². The van der Waals surface area contributed by atoms with Crippen LogP contribution in [0.2, 0.25) is 14.8 Å². The lowest BCUT2D eigenvalue weighted by molar-refractivity contribution is -0.145.